The third-order valence-electron chi connectivity index (χ3n) is 10.0. The van der Waals surface area contributed by atoms with Gasteiger partial charge in [-0.1, -0.05) is 62.4 Å². The Kier molecular flexibility index (Phi) is 11.4. The molecule has 3 aromatic carbocycles. The number of hydrogen-bond acceptors (Lipinski definition) is 11. The van der Waals surface area contributed by atoms with Crippen molar-refractivity contribution in [1.82, 2.24) is 29.3 Å². The van der Waals surface area contributed by atoms with E-state index < -0.39 is 22.1 Å². The number of amides is 1. The predicted octanol–water partition coefficient (Wildman–Crippen LogP) is 7.38. The third-order valence-corrected chi connectivity index (χ3v) is 11.9. The van der Waals surface area contributed by atoms with Crippen LogP contribution in [0.15, 0.2) is 71.9 Å². The molecule has 0 saturated heterocycles. The fourth-order valence-electron chi connectivity index (χ4n) is 6.87. The molecule has 13 nitrogen and oxygen atoms in total. The molecule has 2 atom stereocenters. The van der Waals surface area contributed by atoms with E-state index in [1.54, 1.807) is 29.6 Å². The van der Waals surface area contributed by atoms with Crippen molar-refractivity contribution in [3.63, 3.8) is 0 Å². The molecule has 14 heteroatoms. The maximum absolute atomic E-state index is 14.4. The number of carbonyl (C=O) groups excluding carboxylic acids is 1. The van der Waals surface area contributed by atoms with Gasteiger partial charge in [0.2, 0.25) is 5.91 Å². The van der Waals surface area contributed by atoms with Gasteiger partial charge in [0, 0.05) is 26.1 Å². The van der Waals surface area contributed by atoms with E-state index in [4.69, 9.17) is 14.2 Å². The fraction of sp³-hybridized carbons (Fsp3) is 0.410. The van der Waals surface area contributed by atoms with Crippen molar-refractivity contribution in [2.24, 2.45) is 5.41 Å². The van der Waals surface area contributed by atoms with Gasteiger partial charge in [-0.15, -0.1) is 15.9 Å². The Labute approximate surface area is 312 Å². The molecule has 1 aliphatic rings. The molecule has 2 aromatic heterocycles. The number of benzene rings is 3. The first kappa shape index (κ1) is 38.1. The number of nitrogens with one attached hydrogen (secondary N) is 1. The molecular formula is C39H49N7O6S. The first-order chi connectivity index (χ1) is 25.4. The average molecular weight is 744 g/mol. The van der Waals surface area contributed by atoms with E-state index in [-0.39, 0.29) is 24.6 Å². The van der Waals surface area contributed by atoms with Gasteiger partial charge in [0.05, 0.1) is 42.2 Å². The molecule has 0 saturated carbocycles. The normalized spacial score (nSPS) is 17.0. The predicted molar refractivity (Wildman–Crippen MR) is 205 cm³/mol. The molecule has 0 spiro atoms. The molecule has 1 aliphatic heterocycles. The average Bonchev–Trinajstić information content (AvgIpc) is 3.54. The molecule has 6 rings (SSSR count). The highest BCUT2D eigenvalue weighted by molar-refractivity contribution is 8.22. The lowest BCUT2D eigenvalue weighted by Gasteiger charge is -2.42. The Morgan fingerprint density at radius 3 is 2.55 bits per heavy atom. The van der Waals surface area contributed by atoms with Crippen molar-refractivity contribution in [3.05, 3.63) is 94.8 Å². The van der Waals surface area contributed by atoms with Crippen LogP contribution in [-0.2, 0) is 22.6 Å². The van der Waals surface area contributed by atoms with Gasteiger partial charge in [0.15, 0.2) is 0 Å². The van der Waals surface area contributed by atoms with Crippen LogP contribution in [0.25, 0.3) is 11.0 Å². The summed E-state index contributed by atoms with van der Waals surface area (Å²) in [5.74, 6) is -0.198. The van der Waals surface area contributed by atoms with Crippen LogP contribution in [0.3, 0.4) is 0 Å². The second-order valence-corrected chi connectivity index (χ2v) is 15.9. The molecule has 5 aromatic rings. The van der Waals surface area contributed by atoms with Crippen LogP contribution in [-0.4, -0.2) is 77.3 Å². The van der Waals surface area contributed by atoms with E-state index in [1.807, 2.05) is 70.5 Å². The Morgan fingerprint density at radius 2 is 1.83 bits per heavy atom. The lowest BCUT2D eigenvalue weighted by Crippen LogP contribution is -2.37. The summed E-state index contributed by atoms with van der Waals surface area (Å²) >= 11 is 0. The number of anilines is 1. The minimum atomic E-state index is -3.38. The van der Waals surface area contributed by atoms with E-state index >= 15 is 0 Å². The lowest BCUT2D eigenvalue weighted by atomic mass is 9.69. The van der Waals surface area contributed by atoms with Crippen molar-refractivity contribution in [1.29, 1.82) is 0 Å². The molecule has 3 heterocycles. The molecule has 282 valence electrons. The maximum Gasteiger partial charge on any atom is 0.316 e. The zero-order chi connectivity index (χ0) is 37.9. The first-order valence-electron chi connectivity index (χ1n) is 17.8. The Balaban J connectivity index is 1.40. The van der Waals surface area contributed by atoms with Gasteiger partial charge in [-0.05, 0) is 73.2 Å². The molecule has 2 unspecified atom stereocenters. The molecule has 1 amide bonds. The van der Waals surface area contributed by atoms with E-state index in [0.717, 1.165) is 38.9 Å². The molecule has 3 N–H and O–H groups in total. The molecule has 0 radical (unpaired) electrons. The van der Waals surface area contributed by atoms with Crippen molar-refractivity contribution < 1.29 is 28.1 Å². The van der Waals surface area contributed by atoms with Crippen LogP contribution >= 0.6 is 10.8 Å². The summed E-state index contributed by atoms with van der Waals surface area (Å²) < 4.78 is 43.9. The quantitative estimate of drug-likeness (QED) is 0.103. The Hall–Kier alpha value is -4.60. The van der Waals surface area contributed by atoms with Crippen molar-refractivity contribution >= 4 is 33.4 Å². The van der Waals surface area contributed by atoms with Crippen LogP contribution in [0.4, 0.5) is 5.69 Å². The van der Waals surface area contributed by atoms with Gasteiger partial charge in [-0.3, -0.25) is 13.9 Å². The SMILES string of the molecule is CCC1CN(Cc2cc(C(c3ccc4c(nnn4CC)c3C)C(C)(C)C(=O)Nc3cnc(OCCOC)nc3)ccc2C)S(O)(O)c2ccccc2O1. The second-order valence-electron chi connectivity index (χ2n) is 13.9. The standard InChI is InChI=1S/C39H49N7O6S/c1-8-30-24-45(53(48,49)34-13-11-10-12-33(34)52-30)23-28-20-27(15-14-25(28)3)35(31-16-17-32-36(26(31)4)43-44-46(32)9-2)39(5,6)37(47)42-29-21-40-38(41-22-29)51-19-18-50-7/h10-17,20-22,30,35,48-49H,8-9,18-19,23-24H2,1-7H3,(H,42,47). The van der Waals surface area contributed by atoms with E-state index in [9.17, 15) is 13.9 Å². The highest BCUT2D eigenvalue weighted by Crippen LogP contribution is 2.57. The van der Waals surface area contributed by atoms with E-state index in [1.165, 1.54) is 12.4 Å². The number of fused-ring (bicyclic) bond motifs is 2. The van der Waals surface area contributed by atoms with Crippen molar-refractivity contribution in [3.8, 4) is 11.8 Å². The van der Waals surface area contributed by atoms with Crippen LogP contribution in [0.5, 0.6) is 11.8 Å². The van der Waals surface area contributed by atoms with Crippen molar-refractivity contribution in [2.45, 2.75) is 78.0 Å². The molecule has 0 aliphatic carbocycles. The van der Waals surface area contributed by atoms with Gasteiger partial charge in [0.1, 0.15) is 28.9 Å². The fourth-order valence-corrected chi connectivity index (χ4v) is 8.49. The molecule has 0 bridgehead atoms. The summed E-state index contributed by atoms with van der Waals surface area (Å²) in [5.41, 5.74) is 5.75. The number of aryl methyl sites for hydroxylation is 3. The Morgan fingerprint density at radius 1 is 1.08 bits per heavy atom. The number of methoxy groups -OCH3 is 1. The second kappa shape index (κ2) is 15.8. The van der Waals surface area contributed by atoms with Gasteiger partial charge >= 0.3 is 6.01 Å². The zero-order valence-corrected chi connectivity index (χ0v) is 32.2. The van der Waals surface area contributed by atoms with Gasteiger partial charge in [-0.25, -0.2) is 14.6 Å². The molecule has 53 heavy (non-hydrogen) atoms. The monoisotopic (exact) mass is 743 g/mol. The summed E-state index contributed by atoms with van der Waals surface area (Å²) in [4.78, 5) is 23.3. The number of para-hydroxylation sites is 1. The van der Waals surface area contributed by atoms with Gasteiger partial charge < -0.3 is 19.5 Å². The van der Waals surface area contributed by atoms with Crippen LogP contribution in [0.2, 0.25) is 0 Å². The molecular weight excluding hydrogens is 695 g/mol. The number of ether oxygens (including phenoxy) is 3. The van der Waals surface area contributed by atoms with Crippen LogP contribution < -0.4 is 14.8 Å². The van der Waals surface area contributed by atoms with Gasteiger partial charge in [-0.2, -0.15) is 4.31 Å². The topological polar surface area (TPSA) is 157 Å². The minimum Gasteiger partial charge on any atom is -0.487 e. The van der Waals surface area contributed by atoms with Crippen LogP contribution in [0, 0.1) is 19.3 Å². The number of nitrogens with zero attached hydrogens (tertiary/aromatic N) is 6. The zero-order valence-electron chi connectivity index (χ0n) is 31.4. The smallest absolute Gasteiger partial charge is 0.316 e. The summed E-state index contributed by atoms with van der Waals surface area (Å²) in [6, 6.07) is 17.6. The third kappa shape index (κ3) is 7.73. The van der Waals surface area contributed by atoms with Crippen molar-refractivity contribution in [2.75, 3.05) is 32.2 Å². The number of aromatic nitrogens is 5. The summed E-state index contributed by atoms with van der Waals surface area (Å²) in [7, 11) is -1.79. The highest BCUT2D eigenvalue weighted by atomic mass is 32.3. The number of rotatable bonds is 13. The first-order valence-corrected chi connectivity index (χ1v) is 19.4. The number of carbonyl (C=O) groups is 1. The summed E-state index contributed by atoms with van der Waals surface area (Å²) in [6.07, 6.45) is 3.51. The largest absolute Gasteiger partial charge is 0.487 e. The minimum absolute atomic E-state index is 0.190. The summed E-state index contributed by atoms with van der Waals surface area (Å²) in [6.45, 7) is 13.9. The molecule has 0 fully saturated rings. The number of hydrogen-bond donors (Lipinski definition) is 3. The van der Waals surface area contributed by atoms with Crippen LogP contribution in [0.1, 0.15) is 67.9 Å². The lowest BCUT2D eigenvalue weighted by molar-refractivity contribution is -0.124. The van der Waals surface area contributed by atoms with E-state index in [0.29, 0.717) is 49.1 Å². The maximum atomic E-state index is 14.4. The van der Waals surface area contributed by atoms with Gasteiger partial charge in [0.25, 0.3) is 0 Å². The van der Waals surface area contributed by atoms with E-state index in [2.05, 4.69) is 37.7 Å². The summed E-state index contributed by atoms with van der Waals surface area (Å²) in [5, 5.41) is 11.9. The Bertz CT molecular complexity index is 2070. The highest BCUT2D eigenvalue weighted by Gasteiger charge is 2.41.